The van der Waals surface area contributed by atoms with E-state index in [9.17, 15) is 4.79 Å². The van der Waals surface area contributed by atoms with E-state index >= 15 is 0 Å². The molecule has 0 saturated carbocycles. The Kier molecular flexibility index (Phi) is 15.5. The highest BCUT2D eigenvalue weighted by atomic mass is 16.5. The minimum Gasteiger partial charge on any atom is -0.462 e. The van der Waals surface area contributed by atoms with Gasteiger partial charge in [0, 0.05) is 12.1 Å². The second kappa shape index (κ2) is 16.0. The van der Waals surface area contributed by atoms with Crippen molar-refractivity contribution >= 4 is 5.97 Å². The molecule has 0 aliphatic rings. The van der Waals surface area contributed by atoms with E-state index in [1.54, 1.807) is 0 Å². The first-order chi connectivity index (χ1) is 11.1. The van der Waals surface area contributed by atoms with E-state index in [0.29, 0.717) is 6.61 Å². The maximum Gasteiger partial charge on any atom is 0.333 e. The predicted octanol–water partition coefficient (Wildman–Crippen LogP) is 5.35. The molecule has 0 atom stereocenters. The fourth-order valence-corrected chi connectivity index (χ4v) is 2.49. The Bertz CT molecular complexity index is 311. The van der Waals surface area contributed by atoms with E-state index in [4.69, 9.17) is 4.74 Å². The monoisotopic (exact) mass is 325 g/mol. The molecule has 0 aromatic heterocycles. The first kappa shape index (κ1) is 22.2. The third-order valence-electron chi connectivity index (χ3n) is 4.08. The Labute approximate surface area is 144 Å². The standard InChI is InChI=1S/C20H39NO2/c1-5-6-7-8-9-10-11-12-13-14-18-23-20(22)19(2)16-15-17-21(3)4/h16H,5-15,17-18H2,1-4H3. The zero-order chi connectivity index (χ0) is 17.3. The summed E-state index contributed by atoms with van der Waals surface area (Å²) in [7, 11) is 4.07. The zero-order valence-electron chi connectivity index (χ0n) is 16.0. The Morgan fingerprint density at radius 2 is 1.43 bits per heavy atom. The summed E-state index contributed by atoms with van der Waals surface area (Å²) >= 11 is 0. The minimum absolute atomic E-state index is 0.153. The molecule has 23 heavy (non-hydrogen) atoms. The zero-order valence-corrected chi connectivity index (χ0v) is 16.0. The highest BCUT2D eigenvalue weighted by molar-refractivity contribution is 5.87. The topological polar surface area (TPSA) is 29.5 Å². The van der Waals surface area contributed by atoms with Crippen LogP contribution in [0.25, 0.3) is 0 Å². The minimum atomic E-state index is -0.153. The molecular weight excluding hydrogens is 286 g/mol. The highest BCUT2D eigenvalue weighted by Crippen LogP contribution is 2.10. The lowest BCUT2D eigenvalue weighted by Crippen LogP contribution is -2.13. The second-order valence-electron chi connectivity index (χ2n) is 6.80. The van der Waals surface area contributed by atoms with Crippen LogP contribution in [0, 0.1) is 0 Å². The summed E-state index contributed by atoms with van der Waals surface area (Å²) in [4.78, 5) is 13.9. The van der Waals surface area contributed by atoms with E-state index in [1.807, 2.05) is 27.1 Å². The lowest BCUT2D eigenvalue weighted by atomic mass is 10.1. The normalized spacial score (nSPS) is 12.0. The summed E-state index contributed by atoms with van der Waals surface area (Å²) in [5.74, 6) is -0.153. The molecule has 0 bridgehead atoms. The van der Waals surface area contributed by atoms with Crippen molar-refractivity contribution in [2.24, 2.45) is 0 Å². The first-order valence-corrected chi connectivity index (χ1v) is 9.56. The molecule has 3 heteroatoms. The van der Waals surface area contributed by atoms with Crippen LogP contribution in [0.15, 0.2) is 11.6 Å². The quantitative estimate of drug-likeness (QED) is 0.231. The molecule has 0 aliphatic heterocycles. The molecule has 0 heterocycles. The Morgan fingerprint density at radius 3 is 1.96 bits per heavy atom. The number of carbonyl (C=O) groups excluding carboxylic acids is 1. The molecule has 3 nitrogen and oxygen atoms in total. The molecule has 0 aromatic carbocycles. The van der Waals surface area contributed by atoms with Gasteiger partial charge in [0.05, 0.1) is 6.61 Å². The van der Waals surface area contributed by atoms with Crippen LogP contribution in [-0.2, 0) is 9.53 Å². The van der Waals surface area contributed by atoms with Crippen LogP contribution < -0.4 is 0 Å². The largest absolute Gasteiger partial charge is 0.462 e. The van der Waals surface area contributed by atoms with Crippen molar-refractivity contribution in [1.29, 1.82) is 0 Å². The number of hydrogen-bond acceptors (Lipinski definition) is 3. The fourth-order valence-electron chi connectivity index (χ4n) is 2.49. The van der Waals surface area contributed by atoms with E-state index in [2.05, 4.69) is 11.8 Å². The number of carbonyl (C=O) groups is 1. The van der Waals surface area contributed by atoms with Gasteiger partial charge in [0.2, 0.25) is 0 Å². The van der Waals surface area contributed by atoms with Crippen molar-refractivity contribution < 1.29 is 9.53 Å². The van der Waals surface area contributed by atoms with E-state index in [0.717, 1.165) is 25.0 Å². The molecule has 136 valence electrons. The third kappa shape index (κ3) is 15.8. The number of unbranched alkanes of at least 4 members (excludes halogenated alkanes) is 9. The summed E-state index contributed by atoms with van der Waals surface area (Å²) in [5, 5.41) is 0. The summed E-state index contributed by atoms with van der Waals surface area (Å²) < 4.78 is 5.31. The SMILES string of the molecule is CCCCCCCCCCCCOC(=O)C(C)=CCCN(C)C. The summed E-state index contributed by atoms with van der Waals surface area (Å²) in [5.41, 5.74) is 0.735. The van der Waals surface area contributed by atoms with Crippen LogP contribution in [0.2, 0.25) is 0 Å². The fraction of sp³-hybridized carbons (Fsp3) is 0.850. The van der Waals surface area contributed by atoms with Gasteiger partial charge in [-0.15, -0.1) is 0 Å². The van der Waals surface area contributed by atoms with Gasteiger partial charge in [0.15, 0.2) is 0 Å². The van der Waals surface area contributed by atoms with Crippen LogP contribution in [0.1, 0.15) is 84.5 Å². The van der Waals surface area contributed by atoms with E-state index in [1.165, 1.54) is 57.8 Å². The average molecular weight is 326 g/mol. The number of hydrogen-bond donors (Lipinski definition) is 0. The molecule has 0 N–H and O–H groups in total. The van der Waals surface area contributed by atoms with Crippen molar-refractivity contribution in [3.8, 4) is 0 Å². The Balaban J connectivity index is 3.41. The summed E-state index contributed by atoms with van der Waals surface area (Å²) in [6.07, 6.45) is 15.9. The van der Waals surface area contributed by atoms with Crippen molar-refractivity contribution in [2.45, 2.75) is 84.5 Å². The number of ether oxygens (including phenoxy) is 1. The van der Waals surface area contributed by atoms with Crippen molar-refractivity contribution in [3.63, 3.8) is 0 Å². The molecule has 0 amide bonds. The van der Waals surface area contributed by atoms with Gasteiger partial charge < -0.3 is 9.64 Å². The summed E-state index contributed by atoms with van der Waals surface area (Å²) in [6, 6.07) is 0. The van der Waals surface area contributed by atoms with Gasteiger partial charge >= 0.3 is 5.97 Å². The molecule has 0 aliphatic carbocycles. The maximum atomic E-state index is 11.8. The second-order valence-corrected chi connectivity index (χ2v) is 6.80. The molecule has 0 unspecified atom stereocenters. The first-order valence-electron chi connectivity index (χ1n) is 9.56. The van der Waals surface area contributed by atoms with E-state index < -0.39 is 0 Å². The molecule has 0 spiro atoms. The maximum absolute atomic E-state index is 11.8. The molecule has 0 radical (unpaired) electrons. The Hall–Kier alpha value is -0.830. The summed E-state index contributed by atoms with van der Waals surface area (Å²) in [6.45, 7) is 5.63. The predicted molar refractivity (Wildman–Crippen MR) is 99.7 cm³/mol. The van der Waals surface area contributed by atoms with Crippen molar-refractivity contribution in [3.05, 3.63) is 11.6 Å². The van der Waals surface area contributed by atoms with Gasteiger partial charge in [-0.05, 0) is 33.9 Å². The Morgan fingerprint density at radius 1 is 0.913 bits per heavy atom. The highest BCUT2D eigenvalue weighted by Gasteiger charge is 2.04. The van der Waals surface area contributed by atoms with Crippen LogP contribution in [0.3, 0.4) is 0 Å². The molecule has 0 rings (SSSR count). The lowest BCUT2D eigenvalue weighted by molar-refractivity contribution is -0.139. The van der Waals surface area contributed by atoms with Crippen molar-refractivity contribution in [1.82, 2.24) is 4.90 Å². The lowest BCUT2D eigenvalue weighted by Gasteiger charge is -2.08. The van der Waals surface area contributed by atoms with Crippen molar-refractivity contribution in [2.75, 3.05) is 27.2 Å². The van der Waals surface area contributed by atoms with Gasteiger partial charge in [0.1, 0.15) is 0 Å². The van der Waals surface area contributed by atoms with Crippen LogP contribution in [0.4, 0.5) is 0 Å². The molecule has 0 aromatic rings. The molecular formula is C20H39NO2. The van der Waals surface area contributed by atoms with Crippen LogP contribution in [-0.4, -0.2) is 38.1 Å². The van der Waals surface area contributed by atoms with Gasteiger partial charge in [-0.2, -0.15) is 0 Å². The van der Waals surface area contributed by atoms with Crippen LogP contribution in [0.5, 0.6) is 0 Å². The average Bonchev–Trinajstić information content (AvgIpc) is 2.51. The molecule has 0 saturated heterocycles. The van der Waals surface area contributed by atoms with Gasteiger partial charge in [0.25, 0.3) is 0 Å². The third-order valence-corrected chi connectivity index (χ3v) is 4.08. The van der Waals surface area contributed by atoms with Crippen LogP contribution >= 0.6 is 0 Å². The molecule has 0 fully saturated rings. The van der Waals surface area contributed by atoms with Gasteiger partial charge in [-0.3, -0.25) is 0 Å². The number of nitrogens with zero attached hydrogens (tertiary/aromatic N) is 1. The van der Waals surface area contributed by atoms with Gasteiger partial charge in [-0.1, -0.05) is 70.8 Å². The number of esters is 1. The van der Waals surface area contributed by atoms with Gasteiger partial charge in [-0.25, -0.2) is 4.79 Å². The van der Waals surface area contributed by atoms with E-state index in [-0.39, 0.29) is 5.97 Å². The number of rotatable bonds is 15. The smallest absolute Gasteiger partial charge is 0.333 e.